The average Bonchev–Trinajstić information content (AvgIpc) is 2.55. The molecule has 11 heteroatoms. The van der Waals surface area contributed by atoms with E-state index in [2.05, 4.69) is 16.0 Å². The molecule has 150 valence electrons. The minimum Gasteiger partial charge on any atom is -0.480 e. The van der Waals surface area contributed by atoms with Gasteiger partial charge in [-0.2, -0.15) is 0 Å². The number of nitrogens with one attached hydrogen (secondary N) is 3. The van der Waals surface area contributed by atoms with E-state index in [1.54, 1.807) is 0 Å². The maximum Gasteiger partial charge on any atom is 0.328 e. The fourth-order valence-corrected chi connectivity index (χ4v) is 1.97. The average molecular weight is 375 g/mol. The Labute approximate surface area is 151 Å². The van der Waals surface area contributed by atoms with Crippen molar-refractivity contribution in [3.05, 3.63) is 0 Å². The molecule has 0 saturated heterocycles. The highest BCUT2D eigenvalue weighted by Gasteiger charge is 2.26. The largest absolute Gasteiger partial charge is 0.480 e. The first-order valence-electron chi connectivity index (χ1n) is 8.34. The van der Waals surface area contributed by atoms with E-state index in [9.17, 15) is 24.3 Å². The van der Waals surface area contributed by atoms with Crippen LogP contribution in [-0.2, 0) is 19.2 Å². The highest BCUT2D eigenvalue weighted by molar-refractivity contribution is 5.92. The van der Waals surface area contributed by atoms with E-state index < -0.39 is 54.5 Å². The SMILES string of the molecule is CC(N)C(=O)NC(CCCCN)C(=O)NCC(=O)NC(C(=O)O)C(C)O. The van der Waals surface area contributed by atoms with Crippen molar-refractivity contribution in [2.45, 2.75) is 57.3 Å². The molecule has 0 aliphatic heterocycles. The lowest BCUT2D eigenvalue weighted by atomic mass is 10.1. The summed E-state index contributed by atoms with van der Waals surface area (Å²) in [5.41, 5.74) is 10.9. The first-order chi connectivity index (χ1) is 12.1. The summed E-state index contributed by atoms with van der Waals surface area (Å²) in [6, 6.07) is -3.18. The maximum atomic E-state index is 12.2. The van der Waals surface area contributed by atoms with Crippen molar-refractivity contribution >= 4 is 23.7 Å². The molecule has 0 heterocycles. The predicted molar refractivity (Wildman–Crippen MR) is 92.7 cm³/mol. The van der Waals surface area contributed by atoms with Crippen LogP contribution in [0, 0.1) is 0 Å². The van der Waals surface area contributed by atoms with Crippen molar-refractivity contribution in [2.24, 2.45) is 11.5 Å². The maximum absolute atomic E-state index is 12.2. The van der Waals surface area contributed by atoms with Gasteiger partial charge in [-0.3, -0.25) is 14.4 Å². The van der Waals surface area contributed by atoms with Crippen molar-refractivity contribution in [2.75, 3.05) is 13.1 Å². The molecule has 0 fully saturated rings. The zero-order valence-corrected chi connectivity index (χ0v) is 15.0. The van der Waals surface area contributed by atoms with Crippen molar-refractivity contribution in [1.82, 2.24) is 16.0 Å². The van der Waals surface area contributed by atoms with Crippen molar-refractivity contribution in [3.8, 4) is 0 Å². The summed E-state index contributed by atoms with van der Waals surface area (Å²) in [4.78, 5) is 46.6. The first kappa shape index (κ1) is 23.8. The van der Waals surface area contributed by atoms with Crippen LogP contribution in [0.3, 0.4) is 0 Å². The van der Waals surface area contributed by atoms with Crippen molar-refractivity contribution < 1.29 is 29.4 Å². The molecule has 0 bridgehead atoms. The standard InChI is InChI=1S/C15H29N5O6/c1-8(17)13(23)19-10(5-3-4-6-16)14(24)18-7-11(22)20-12(9(2)21)15(25)26/h8-10,12,21H,3-7,16-17H2,1-2H3,(H,18,24)(H,19,23)(H,20,22)(H,25,26). The number of amides is 3. The fourth-order valence-electron chi connectivity index (χ4n) is 1.97. The van der Waals surface area contributed by atoms with Gasteiger partial charge in [-0.25, -0.2) is 4.79 Å². The number of carboxylic acid groups (broad SMARTS) is 1. The van der Waals surface area contributed by atoms with E-state index in [1.165, 1.54) is 13.8 Å². The normalized spacial score (nSPS) is 15.3. The highest BCUT2D eigenvalue weighted by atomic mass is 16.4. The molecule has 9 N–H and O–H groups in total. The molecule has 4 atom stereocenters. The molecule has 26 heavy (non-hydrogen) atoms. The topological polar surface area (TPSA) is 197 Å². The molecule has 0 aromatic carbocycles. The molecule has 3 amide bonds. The van der Waals surface area contributed by atoms with E-state index >= 15 is 0 Å². The van der Waals surface area contributed by atoms with Gasteiger partial charge in [-0.05, 0) is 39.7 Å². The molecule has 0 aromatic heterocycles. The second-order valence-corrected chi connectivity index (χ2v) is 5.98. The molecule has 0 aliphatic carbocycles. The number of carbonyl (C=O) groups excluding carboxylic acids is 3. The molecule has 0 radical (unpaired) electrons. The minimum absolute atomic E-state index is 0.314. The molecule has 11 nitrogen and oxygen atoms in total. The number of carboxylic acids is 1. The van der Waals surface area contributed by atoms with E-state index in [4.69, 9.17) is 16.6 Å². The Morgan fingerprint density at radius 2 is 1.65 bits per heavy atom. The van der Waals surface area contributed by atoms with Gasteiger partial charge in [0.25, 0.3) is 0 Å². The zero-order valence-electron chi connectivity index (χ0n) is 15.0. The number of hydrogen-bond acceptors (Lipinski definition) is 7. The Balaban J connectivity index is 4.68. The van der Waals surface area contributed by atoms with Gasteiger partial charge in [0.1, 0.15) is 6.04 Å². The number of hydrogen-bond donors (Lipinski definition) is 7. The monoisotopic (exact) mass is 375 g/mol. The van der Waals surface area contributed by atoms with Gasteiger partial charge in [-0.1, -0.05) is 0 Å². The van der Waals surface area contributed by atoms with Crippen LogP contribution in [-0.4, -0.2) is 71.2 Å². The van der Waals surface area contributed by atoms with Crippen LogP contribution in [0.15, 0.2) is 0 Å². The molecular formula is C15H29N5O6. The summed E-state index contributed by atoms with van der Waals surface area (Å²) in [5, 5.41) is 25.1. The minimum atomic E-state index is -1.49. The highest BCUT2D eigenvalue weighted by Crippen LogP contribution is 2.01. The Kier molecular flexibility index (Phi) is 11.1. The second kappa shape index (κ2) is 12.2. The smallest absolute Gasteiger partial charge is 0.328 e. The van der Waals surface area contributed by atoms with Crippen LogP contribution in [0.2, 0.25) is 0 Å². The third kappa shape index (κ3) is 9.30. The zero-order chi connectivity index (χ0) is 20.3. The molecule has 0 spiro atoms. The van der Waals surface area contributed by atoms with E-state index in [0.717, 1.165) is 0 Å². The van der Waals surface area contributed by atoms with Crippen LogP contribution in [0.4, 0.5) is 0 Å². The quantitative estimate of drug-likeness (QED) is 0.175. The van der Waals surface area contributed by atoms with Crippen LogP contribution in [0.5, 0.6) is 0 Å². The number of rotatable bonds is 12. The lowest BCUT2D eigenvalue weighted by Crippen LogP contribution is -2.54. The molecule has 4 unspecified atom stereocenters. The predicted octanol–water partition coefficient (Wildman–Crippen LogP) is -2.99. The van der Waals surface area contributed by atoms with Gasteiger partial charge in [0, 0.05) is 0 Å². The van der Waals surface area contributed by atoms with E-state index in [-0.39, 0.29) is 0 Å². The Bertz CT molecular complexity index is 497. The molecular weight excluding hydrogens is 346 g/mol. The summed E-state index contributed by atoms with van der Waals surface area (Å²) >= 11 is 0. The lowest BCUT2D eigenvalue weighted by Gasteiger charge is -2.20. The van der Waals surface area contributed by atoms with Crippen LogP contribution < -0.4 is 27.4 Å². The summed E-state index contributed by atoms with van der Waals surface area (Å²) in [5.74, 6) is -3.30. The molecule has 0 aliphatic rings. The Hall–Kier alpha value is -2.24. The Morgan fingerprint density at radius 1 is 1.04 bits per heavy atom. The third-order valence-electron chi connectivity index (χ3n) is 3.48. The van der Waals surface area contributed by atoms with Crippen LogP contribution in [0.25, 0.3) is 0 Å². The summed E-state index contributed by atoms with van der Waals surface area (Å²) < 4.78 is 0. The van der Waals surface area contributed by atoms with Gasteiger partial charge in [0.2, 0.25) is 17.7 Å². The van der Waals surface area contributed by atoms with Gasteiger partial charge >= 0.3 is 5.97 Å². The number of carbonyl (C=O) groups is 4. The van der Waals surface area contributed by atoms with Gasteiger partial charge in [0.15, 0.2) is 6.04 Å². The third-order valence-corrected chi connectivity index (χ3v) is 3.48. The first-order valence-corrected chi connectivity index (χ1v) is 8.34. The number of unbranched alkanes of at least 4 members (excludes halogenated alkanes) is 1. The number of nitrogens with two attached hydrogens (primary N) is 2. The van der Waals surface area contributed by atoms with Gasteiger partial charge in [0.05, 0.1) is 18.7 Å². The van der Waals surface area contributed by atoms with Crippen molar-refractivity contribution in [3.63, 3.8) is 0 Å². The summed E-state index contributed by atoms with van der Waals surface area (Å²) in [7, 11) is 0. The Morgan fingerprint density at radius 3 is 2.12 bits per heavy atom. The molecule has 0 saturated carbocycles. The molecule has 0 aromatic rings. The summed E-state index contributed by atoms with van der Waals surface area (Å²) in [6.45, 7) is 2.62. The lowest BCUT2D eigenvalue weighted by molar-refractivity contribution is -0.144. The second-order valence-electron chi connectivity index (χ2n) is 5.98. The van der Waals surface area contributed by atoms with Gasteiger partial charge in [-0.15, -0.1) is 0 Å². The van der Waals surface area contributed by atoms with Crippen molar-refractivity contribution in [1.29, 1.82) is 0 Å². The van der Waals surface area contributed by atoms with E-state index in [0.29, 0.717) is 25.8 Å². The van der Waals surface area contributed by atoms with Crippen LogP contribution in [0.1, 0.15) is 33.1 Å². The number of aliphatic hydroxyl groups excluding tert-OH is 1. The van der Waals surface area contributed by atoms with E-state index in [1.807, 2.05) is 0 Å². The number of aliphatic carboxylic acids is 1. The fraction of sp³-hybridized carbons (Fsp3) is 0.733. The molecule has 0 rings (SSSR count). The summed E-state index contributed by atoms with van der Waals surface area (Å²) in [6.07, 6.45) is 0.256. The van der Waals surface area contributed by atoms with Gasteiger partial charge < -0.3 is 37.6 Å². The van der Waals surface area contributed by atoms with Crippen LogP contribution >= 0.6 is 0 Å². The number of aliphatic hydroxyl groups is 1.